The van der Waals surface area contributed by atoms with Gasteiger partial charge in [0.15, 0.2) is 0 Å². The normalized spacial score (nSPS) is 15.7. The molecule has 1 fully saturated rings. The first-order valence-corrected chi connectivity index (χ1v) is 8.67. The number of nitrogens with one attached hydrogen (secondary N) is 1. The molecule has 1 amide bonds. The summed E-state index contributed by atoms with van der Waals surface area (Å²) in [5.41, 5.74) is -0.136. The summed E-state index contributed by atoms with van der Waals surface area (Å²) >= 11 is 0. The number of rotatable bonds is 8. The number of nitrogens with zero attached hydrogens (tertiary/aromatic N) is 3. The topological polar surface area (TPSA) is 95.8 Å². The largest absolute Gasteiger partial charge is 0.379 e. The molecule has 0 aliphatic carbocycles. The molecule has 1 saturated heterocycles. The van der Waals surface area contributed by atoms with Gasteiger partial charge in [0.1, 0.15) is 0 Å². The van der Waals surface area contributed by atoms with E-state index in [1.165, 1.54) is 19.3 Å². The summed E-state index contributed by atoms with van der Waals surface area (Å²) in [5.74, 6) is 0.0967. The molecule has 1 heterocycles. The van der Waals surface area contributed by atoms with Crippen molar-refractivity contribution in [2.75, 3.05) is 39.4 Å². The van der Waals surface area contributed by atoms with Gasteiger partial charge in [-0.15, -0.1) is 0 Å². The number of carbonyl (C=O) groups excluding carboxylic acids is 1. The third-order valence-corrected chi connectivity index (χ3v) is 3.19. The van der Waals surface area contributed by atoms with Crippen LogP contribution in [0.15, 0.2) is 10.4 Å². The third-order valence-electron chi connectivity index (χ3n) is 3.19. The smallest absolute Gasteiger partial charge is 0.234 e. The minimum atomic E-state index is -0.136. The molecule has 0 aromatic heterocycles. The maximum Gasteiger partial charge on any atom is 0.234 e. The first-order valence-electron chi connectivity index (χ1n) is 8.67. The Labute approximate surface area is 145 Å². The SMILES string of the molecule is CC(C)(C)NC(=O)CN1CCOCC1.CCCCCCN=NOO. The maximum atomic E-state index is 11.5. The van der Waals surface area contributed by atoms with Gasteiger partial charge in [-0.3, -0.25) is 9.69 Å². The number of amides is 1. The van der Waals surface area contributed by atoms with E-state index in [9.17, 15) is 4.79 Å². The van der Waals surface area contributed by atoms with Crippen molar-refractivity contribution in [3.63, 3.8) is 0 Å². The molecular formula is C16H34N4O4. The fraction of sp³-hybridized carbons (Fsp3) is 0.938. The average Bonchev–Trinajstić information content (AvgIpc) is 2.50. The molecule has 0 aromatic carbocycles. The molecule has 0 bridgehead atoms. The average molecular weight is 346 g/mol. The highest BCUT2D eigenvalue weighted by Crippen LogP contribution is 2.00. The van der Waals surface area contributed by atoms with Crippen LogP contribution in [-0.4, -0.2) is 61.0 Å². The maximum absolute atomic E-state index is 11.5. The first-order chi connectivity index (χ1) is 11.4. The lowest BCUT2D eigenvalue weighted by atomic mass is 10.1. The molecule has 1 aliphatic heterocycles. The van der Waals surface area contributed by atoms with Crippen LogP contribution < -0.4 is 5.32 Å². The van der Waals surface area contributed by atoms with Gasteiger partial charge in [0.05, 0.1) is 31.6 Å². The molecular weight excluding hydrogens is 312 g/mol. The van der Waals surface area contributed by atoms with Crippen molar-refractivity contribution in [1.82, 2.24) is 10.2 Å². The van der Waals surface area contributed by atoms with Gasteiger partial charge in [0.25, 0.3) is 0 Å². The van der Waals surface area contributed by atoms with Crippen molar-refractivity contribution >= 4 is 5.91 Å². The van der Waals surface area contributed by atoms with Gasteiger partial charge < -0.3 is 10.1 Å². The minimum Gasteiger partial charge on any atom is -0.379 e. The zero-order chi connectivity index (χ0) is 18.3. The van der Waals surface area contributed by atoms with E-state index in [1.54, 1.807) is 0 Å². The lowest BCUT2D eigenvalue weighted by Crippen LogP contribution is -2.48. The Bertz CT molecular complexity index is 339. The fourth-order valence-corrected chi connectivity index (χ4v) is 2.10. The summed E-state index contributed by atoms with van der Waals surface area (Å²) in [6.45, 7) is 12.4. The molecule has 8 nitrogen and oxygen atoms in total. The van der Waals surface area contributed by atoms with Crippen LogP contribution in [0.1, 0.15) is 53.4 Å². The molecule has 0 aromatic rings. The molecule has 142 valence electrons. The predicted molar refractivity (Wildman–Crippen MR) is 92.7 cm³/mol. The number of hydrogen-bond acceptors (Lipinski definition) is 7. The van der Waals surface area contributed by atoms with E-state index in [0.717, 1.165) is 32.7 Å². The van der Waals surface area contributed by atoms with Crippen molar-refractivity contribution in [1.29, 1.82) is 0 Å². The Hall–Kier alpha value is -1.25. The molecule has 0 spiro atoms. The van der Waals surface area contributed by atoms with Crippen LogP contribution in [0, 0.1) is 0 Å². The molecule has 0 unspecified atom stereocenters. The lowest BCUT2D eigenvalue weighted by molar-refractivity contribution is -0.251. The van der Waals surface area contributed by atoms with Gasteiger partial charge in [-0.05, 0) is 27.2 Å². The summed E-state index contributed by atoms with van der Waals surface area (Å²) in [5, 5.41) is 17.1. The van der Waals surface area contributed by atoms with Gasteiger partial charge in [0.2, 0.25) is 5.91 Å². The molecule has 24 heavy (non-hydrogen) atoms. The van der Waals surface area contributed by atoms with E-state index >= 15 is 0 Å². The van der Waals surface area contributed by atoms with Crippen molar-refractivity contribution < 1.29 is 19.8 Å². The van der Waals surface area contributed by atoms with E-state index in [0.29, 0.717) is 13.1 Å². The predicted octanol–water partition coefficient (Wildman–Crippen LogP) is 2.66. The van der Waals surface area contributed by atoms with E-state index in [2.05, 4.69) is 32.5 Å². The van der Waals surface area contributed by atoms with Crippen LogP contribution in [0.4, 0.5) is 0 Å². The zero-order valence-corrected chi connectivity index (χ0v) is 15.6. The van der Waals surface area contributed by atoms with Gasteiger partial charge in [-0.2, -0.15) is 10.4 Å². The Morgan fingerprint density at radius 1 is 1.25 bits per heavy atom. The van der Waals surface area contributed by atoms with E-state index in [4.69, 9.17) is 9.99 Å². The van der Waals surface area contributed by atoms with E-state index < -0.39 is 0 Å². The van der Waals surface area contributed by atoms with Crippen LogP contribution in [0.5, 0.6) is 0 Å². The summed E-state index contributed by atoms with van der Waals surface area (Å²) in [4.78, 5) is 17.1. The Kier molecular flexibility index (Phi) is 13.4. The van der Waals surface area contributed by atoms with Gasteiger partial charge in [-0.25, -0.2) is 4.99 Å². The number of ether oxygens (including phenoxy) is 1. The number of morpholine rings is 1. The highest BCUT2D eigenvalue weighted by Gasteiger charge is 2.17. The Morgan fingerprint density at radius 3 is 2.46 bits per heavy atom. The summed E-state index contributed by atoms with van der Waals surface area (Å²) < 4.78 is 5.21. The van der Waals surface area contributed by atoms with Crippen molar-refractivity contribution in [2.24, 2.45) is 10.4 Å². The van der Waals surface area contributed by atoms with Gasteiger partial charge in [-0.1, -0.05) is 26.2 Å². The van der Waals surface area contributed by atoms with Crippen molar-refractivity contribution in [3.05, 3.63) is 0 Å². The van der Waals surface area contributed by atoms with Crippen LogP contribution in [0.2, 0.25) is 0 Å². The Balaban J connectivity index is 0.000000470. The number of carbonyl (C=O) groups is 1. The van der Waals surface area contributed by atoms with Crippen LogP contribution >= 0.6 is 0 Å². The van der Waals surface area contributed by atoms with Crippen molar-refractivity contribution in [2.45, 2.75) is 58.9 Å². The van der Waals surface area contributed by atoms with Crippen LogP contribution in [-0.2, 0) is 14.5 Å². The van der Waals surface area contributed by atoms with E-state index in [-0.39, 0.29) is 11.4 Å². The van der Waals surface area contributed by atoms with Crippen LogP contribution in [0.25, 0.3) is 0 Å². The molecule has 8 heteroatoms. The molecule has 0 saturated carbocycles. The second-order valence-electron chi connectivity index (χ2n) is 6.78. The molecule has 0 radical (unpaired) electrons. The highest BCUT2D eigenvalue weighted by molar-refractivity contribution is 5.78. The Morgan fingerprint density at radius 2 is 1.92 bits per heavy atom. The lowest BCUT2D eigenvalue weighted by Gasteiger charge is -2.28. The van der Waals surface area contributed by atoms with Gasteiger partial charge >= 0.3 is 0 Å². The zero-order valence-electron chi connectivity index (χ0n) is 15.6. The number of hydrogen-bond donors (Lipinski definition) is 2. The number of unbranched alkanes of at least 4 members (excludes halogenated alkanes) is 3. The fourth-order valence-electron chi connectivity index (χ4n) is 2.10. The quantitative estimate of drug-likeness (QED) is 0.305. The second kappa shape index (κ2) is 14.1. The monoisotopic (exact) mass is 346 g/mol. The molecule has 1 aliphatic rings. The standard InChI is InChI=1S/C10H20N2O2.C6H14N2O2/c1-10(2,3)11-9(13)8-12-4-6-14-7-5-12;1-2-3-4-5-6-7-8-10-9/h4-8H2,1-3H3,(H,11,13);9H,2-6H2,1H3. The minimum absolute atomic E-state index is 0.0967. The second-order valence-corrected chi connectivity index (χ2v) is 6.78. The molecule has 0 atom stereocenters. The van der Waals surface area contributed by atoms with Crippen molar-refractivity contribution in [3.8, 4) is 0 Å². The molecule has 1 rings (SSSR count). The third kappa shape index (κ3) is 15.6. The molecule has 2 N–H and O–H groups in total. The van der Waals surface area contributed by atoms with E-state index in [1.807, 2.05) is 20.8 Å². The highest BCUT2D eigenvalue weighted by atomic mass is 17.2. The van der Waals surface area contributed by atoms with Crippen LogP contribution in [0.3, 0.4) is 0 Å². The summed E-state index contributed by atoms with van der Waals surface area (Å²) in [6, 6.07) is 0. The van der Waals surface area contributed by atoms with Gasteiger partial charge in [0, 0.05) is 18.6 Å². The summed E-state index contributed by atoms with van der Waals surface area (Å²) in [6.07, 6.45) is 4.63. The summed E-state index contributed by atoms with van der Waals surface area (Å²) in [7, 11) is 0. The first kappa shape index (κ1) is 22.8.